The molecule has 180 valence electrons. The van der Waals surface area contributed by atoms with Crippen molar-refractivity contribution in [2.75, 3.05) is 4.31 Å². The van der Waals surface area contributed by atoms with Crippen LogP contribution in [0.1, 0.15) is 27.2 Å². The number of anilines is 2. The smallest absolute Gasteiger partial charge is 0.253 e. The maximum atomic E-state index is 13.1. The van der Waals surface area contributed by atoms with Crippen molar-refractivity contribution in [3.63, 3.8) is 0 Å². The average molecular weight is 567 g/mol. The number of rotatable bonds is 8. The predicted octanol–water partition coefficient (Wildman–Crippen LogP) is 5.95. The van der Waals surface area contributed by atoms with Gasteiger partial charge in [0, 0.05) is 28.0 Å². The number of carbonyl (C=O) groups excluding carboxylic acids is 1. The second kappa shape index (κ2) is 11.5. The molecule has 0 fully saturated rings. The molecule has 0 aliphatic heterocycles. The predicted molar refractivity (Wildman–Crippen MR) is 139 cm³/mol. The molecule has 0 radical (unpaired) electrons. The molecule has 1 unspecified atom stereocenters. The minimum absolute atomic E-state index is 0.0487. The van der Waals surface area contributed by atoms with Crippen molar-refractivity contribution in [1.29, 1.82) is 0 Å². The monoisotopic (exact) mass is 565 g/mol. The first-order valence-corrected chi connectivity index (χ1v) is 13.0. The molecule has 3 aromatic carbocycles. The molecule has 0 aliphatic carbocycles. The van der Waals surface area contributed by atoms with Gasteiger partial charge in [0.25, 0.3) is 5.91 Å². The van der Waals surface area contributed by atoms with Crippen LogP contribution in [0.2, 0.25) is 15.1 Å². The van der Waals surface area contributed by atoms with Crippen LogP contribution in [-0.4, -0.2) is 23.4 Å². The van der Waals surface area contributed by atoms with Gasteiger partial charge in [0.2, 0.25) is 0 Å². The molecule has 0 aliphatic rings. The van der Waals surface area contributed by atoms with Crippen molar-refractivity contribution in [2.45, 2.75) is 13.0 Å². The molecule has 1 heterocycles. The third-order valence-electron chi connectivity index (χ3n) is 4.97. The van der Waals surface area contributed by atoms with Crippen LogP contribution in [0.3, 0.4) is 0 Å². The van der Waals surface area contributed by atoms with Gasteiger partial charge >= 0.3 is 0 Å². The molecule has 0 saturated carbocycles. The Labute approximate surface area is 223 Å². The topological polar surface area (TPSA) is 98.2 Å². The summed E-state index contributed by atoms with van der Waals surface area (Å²) in [6, 6.07) is 18.7. The SMILES string of the molecule is O=C(NCc1ccc(Cl)cc1Cl)c1ccc(Cl)cc1N(c1nsnc1Cc1ccccc1)S(=O)[O-]. The molecule has 7 nitrogen and oxygen atoms in total. The summed E-state index contributed by atoms with van der Waals surface area (Å²) in [5.74, 6) is -0.421. The summed E-state index contributed by atoms with van der Waals surface area (Å²) < 4.78 is 34.2. The van der Waals surface area contributed by atoms with Crippen LogP contribution in [-0.2, 0) is 24.2 Å². The van der Waals surface area contributed by atoms with Crippen LogP contribution in [0, 0.1) is 0 Å². The van der Waals surface area contributed by atoms with E-state index >= 15 is 0 Å². The fraction of sp³-hybridized carbons (Fsp3) is 0.0870. The number of halogens is 3. The first-order chi connectivity index (χ1) is 16.8. The second-order valence-corrected chi connectivity index (χ2v) is 9.90. The van der Waals surface area contributed by atoms with Crippen LogP contribution in [0.5, 0.6) is 0 Å². The molecule has 1 atom stereocenters. The molecule has 1 aromatic heterocycles. The van der Waals surface area contributed by atoms with E-state index in [-0.39, 0.29) is 28.6 Å². The van der Waals surface area contributed by atoms with Crippen molar-refractivity contribution in [2.24, 2.45) is 0 Å². The maximum absolute atomic E-state index is 13.1. The first-order valence-electron chi connectivity index (χ1n) is 10.1. The largest absolute Gasteiger partial charge is 0.755 e. The summed E-state index contributed by atoms with van der Waals surface area (Å²) in [6.07, 6.45) is 0.359. The van der Waals surface area contributed by atoms with Crippen LogP contribution < -0.4 is 9.62 Å². The summed E-state index contributed by atoms with van der Waals surface area (Å²) >= 11 is 16.4. The van der Waals surface area contributed by atoms with Crippen LogP contribution in [0.15, 0.2) is 66.7 Å². The second-order valence-electron chi connectivity index (χ2n) is 7.29. The molecular weight excluding hydrogens is 551 g/mol. The Morgan fingerprint density at radius 3 is 2.43 bits per heavy atom. The molecule has 0 saturated heterocycles. The lowest BCUT2D eigenvalue weighted by molar-refractivity contribution is 0.0951. The Hall–Kier alpha value is -2.53. The van der Waals surface area contributed by atoms with E-state index in [0.717, 1.165) is 21.6 Å². The van der Waals surface area contributed by atoms with E-state index < -0.39 is 17.2 Å². The fourth-order valence-electron chi connectivity index (χ4n) is 3.32. The third-order valence-corrected chi connectivity index (χ3v) is 7.02. The standard InChI is InChI=1S/C23H17Cl3N4O3S2/c24-16-7-6-15(19(26)11-16)13-27-23(31)18-9-8-17(25)12-21(18)30(35(32)33)22-20(28-34-29-22)10-14-4-2-1-3-5-14/h1-9,11-12H,10,13H2,(H,27,31)(H,32,33)/p-1. The lowest BCUT2D eigenvalue weighted by Crippen LogP contribution is -2.28. The van der Waals surface area contributed by atoms with Crippen molar-refractivity contribution in [3.8, 4) is 0 Å². The van der Waals surface area contributed by atoms with Crippen molar-refractivity contribution >= 4 is 75.2 Å². The molecule has 12 heteroatoms. The van der Waals surface area contributed by atoms with Gasteiger partial charge in [0.15, 0.2) is 5.82 Å². The molecular formula is C23H16Cl3N4O3S2-. The van der Waals surface area contributed by atoms with Gasteiger partial charge < -0.3 is 9.87 Å². The van der Waals surface area contributed by atoms with Crippen molar-refractivity contribution < 1.29 is 13.6 Å². The molecule has 4 aromatic rings. The van der Waals surface area contributed by atoms with E-state index in [1.165, 1.54) is 18.2 Å². The summed E-state index contributed by atoms with van der Waals surface area (Å²) in [5, 5.41) is 3.88. The molecule has 0 bridgehead atoms. The summed E-state index contributed by atoms with van der Waals surface area (Å²) in [7, 11) is 0. The van der Waals surface area contributed by atoms with Crippen molar-refractivity contribution in [3.05, 3.63) is 104 Å². The number of benzene rings is 3. The molecule has 4 rings (SSSR count). The zero-order valence-corrected chi connectivity index (χ0v) is 21.7. The minimum atomic E-state index is -2.82. The van der Waals surface area contributed by atoms with Gasteiger partial charge in [-0.2, -0.15) is 8.75 Å². The van der Waals surface area contributed by atoms with E-state index in [4.69, 9.17) is 34.8 Å². The Kier molecular flexibility index (Phi) is 8.38. The van der Waals surface area contributed by atoms with Crippen molar-refractivity contribution in [1.82, 2.24) is 14.1 Å². The minimum Gasteiger partial charge on any atom is -0.755 e. The average Bonchev–Trinajstić information content (AvgIpc) is 3.26. The van der Waals surface area contributed by atoms with Gasteiger partial charge in [0.1, 0.15) is 5.69 Å². The van der Waals surface area contributed by atoms with E-state index in [1.807, 2.05) is 30.3 Å². The third kappa shape index (κ3) is 6.19. The van der Waals surface area contributed by atoms with Gasteiger partial charge in [-0.25, -0.2) is 0 Å². The maximum Gasteiger partial charge on any atom is 0.253 e. The van der Waals surface area contributed by atoms with Gasteiger partial charge in [-0.15, -0.1) is 0 Å². The van der Waals surface area contributed by atoms with Gasteiger partial charge in [-0.1, -0.05) is 71.2 Å². The highest BCUT2D eigenvalue weighted by Gasteiger charge is 2.24. The Morgan fingerprint density at radius 2 is 1.71 bits per heavy atom. The van der Waals surface area contributed by atoms with E-state index in [1.54, 1.807) is 18.2 Å². The molecule has 35 heavy (non-hydrogen) atoms. The van der Waals surface area contributed by atoms with E-state index in [9.17, 15) is 13.6 Å². The van der Waals surface area contributed by atoms with E-state index in [2.05, 4.69) is 14.1 Å². The molecule has 0 spiro atoms. The Morgan fingerprint density at radius 1 is 1.00 bits per heavy atom. The fourth-order valence-corrected chi connectivity index (χ4v) is 5.16. The van der Waals surface area contributed by atoms with Gasteiger partial charge in [0.05, 0.1) is 34.2 Å². The molecule has 1 N–H and O–H groups in total. The van der Waals surface area contributed by atoms with Gasteiger partial charge in [-0.05, 0) is 41.5 Å². The Balaban J connectivity index is 1.67. The number of carbonyl (C=O) groups is 1. The van der Waals surface area contributed by atoms with Crippen LogP contribution >= 0.6 is 46.5 Å². The van der Waals surface area contributed by atoms with Crippen LogP contribution in [0.4, 0.5) is 11.5 Å². The van der Waals surface area contributed by atoms with Crippen LogP contribution in [0.25, 0.3) is 0 Å². The zero-order chi connectivity index (χ0) is 24.9. The zero-order valence-electron chi connectivity index (χ0n) is 17.8. The number of aromatic nitrogens is 2. The number of nitrogens with one attached hydrogen (secondary N) is 1. The highest BCUT2D eigenvalue weighted by molar-refractivity contribution is 7.81. The van der Waals surface area contributed by atoms with E-state index in [0.29, 0.717) is 27.7 Å². The highest BCUT2D eigenvalue weighted by Crippen LogP contribution is 2.34. The number of hydrogen-bond donors (Lipinski definition) is 1. The summed E-state index contributed by atoms with van der Waals surface area (Å²) in [6.45, 7) is 0.106. The quantitative estimate of drug-likeness (QED) is 0.266. The Bertz CT molecular complexity index is 1390. The van der Waals surface area contributed by atoms with Gasteiger partial charge in [-0.3, -0.25) is 13.3 Å². The lowest BCUT2D eigenvalue weighted by Gasteiger charge is -2.27. The number of amides is 1. The normalized spacial score (nSPS) is 11.8. The number of hydrogen-bond acceptors (Lipinski definition) is 6. The summed E-state index contributed by atoms with van der Waals surface area (Å²) in [4.78, 5) is 13.1. The first kappa shape index (κ1) is 25.6. The molecule has 1 amide bonds. The highest BCUT2D eigenvalue weighted by atomic mass is 35.5. The lowest BCUT2D eigenvalue weighted by atomic mass is 10.1. The summed E-state index contributed by atoms with van der Waals surface area (Å²) in [5.41, 5.74) is 2.17. The number of nitrogens with zero attached hydrogens (tertiary/aromatic N) is 3.